The lowest BCUT2D eigenvalue weighted by molar-refractivity contribution is -0.129. The molecule has 1 aromatic heterocycles. The van der Waals surface area contributed by atoms with Gasteiger partial charge in [-0.25, -0.2) is 0 Å². The standard InChI is InChI=1S/C24H24N4O5S/c1-32-19-6-3-2-5-16(19)17-13-21(29)26-23(18(17)14-25)34-15-22(30)27-8-10-28(11-9-27)24(31)20-7-4-12-33-20/h2-7,12,17H,8-11,13,15H2,1H3,(H,26,29)/t17-/m0/s1. The van der Waals surface area contributed by atoms with Crippen LogP contribution in [0.1, 0.15) is 28.5 Å². The number of nitrogens with zero attached hydrogens (tertiary/aromatic N) is 3. The fraction of sp³-hybridized carbons (Fsp3) is 0.333. The molecule has 0 radical (unpaired) electrons. The van der Waals surface area contributed by atoms with Crippen molar-refractivity contribution in [3.63, 3.8) is 0 Å². The highest BCUT2D eigenvalue weighted by molar-refractivity contribution is 8.03. The molecule has 176 valence electrons. The molecular formula is C24H24N4O5S. The second-order valence-corrected chi connectivity index (χ2v) is 8.83. The van der Waals surface area contributed by atoms with E-state index in [1.807, 2.05) is 18.2 Å². The van der Waals surface area contributed by atoms with Gasteiger partial charge in [0.2, 0.25) is 11.8 Å². The van der Waals surface area contributed by atoms with E-state index in [4.69, 9.17) is 9.15 Å². The molecule has 3 heterocycles. The maximum atomic E-state index is 12.8. The Morgan fingerprint density at radius 1 is 1.18 bits per heavy atom. The number of nitriles is 1. The Kier molecular flexibility index (Phi) is 7.23. The summed E-state index contributed by atoms with van der Waals surface area (Å²) in [5.74, 6) is 0.00182. The summed E-state index contributed by atoms with van der Waals surface area (Å²) in [6.45, 7) is 1.64. The van der Waals surface area contributed by atoms with Crippen molar-refractivity contribution in [2.75, 3.05) is 39.0 Å². The Balaban J connectivity index is 1.40. The Morgan fingerprint density at radius 2 is 1.91 bits per heavy atom. The highest BCUT2D eigenvalue weighted by atomic mass is 32.2. The first-order valence-corrected chi connectivity index (χ1v) is 11.8. The first kappa shape index (κ1) is 23.4. The zero-order chi connectivity index (χ0) is 24.1. The quantitative estimate of drug-likeness (QED) is 0.675. The van der Waals surface area contributed by atoms with Crippen LogP contribution in [0.4, 0.5) is 0 Å². The van der Waals surface area contributed by atoms with Gasteiger partial charge in [0.1, 0.15) is 5.75 Å². The molecule has 4 rings (SSSR count). The van der Waals surface area contributed by atoms with E-state index >= 15 is 0 Å². The maximum absolute atomic E-state index is 12.8. The monoisotopic (exact) mass is 480 g/mol. The predicted molar refractivity (Wildman–Crippen MR) is 125 cm³/mol. The minimum atomic E-state index is -0.441. The van der Waals surface area contributed by atoms with Gasteiger partial charge in [0.15, 0.2) is 5.76 Å². The number of allylic oxidation sites excluding steroid dienone is 1. The second-order valence-electron chi connectivity index (χ2n) is 7.84. The maximum Gasteiger partial charge on any atom is 0.289 e. The Hall–Kier alpha value is -3.71. The molecule has 9 nitrogen and oxygen atoms in total. The van der Waals surface area contributed by atoms with Gasteiger partial charge in [0, 0.05) is 44.1 Å². The number of furan rings is 1. The molecule has 2 aromatic rings. The predicted octanol–water partition coefficient (Wildman–Crippen LogP) is 2.34. The van der Waals surface area contributed by atoms with Crippen molar-refractivity contribution >= 4 is 29.5 Å². The average Bonchev–Trinajstić information content (AvgIpc) is 3.41. The van der Waals surface area contributed by atoms with Crippen LogP contribution in [-0.4, -0.2) is 66.6 Å². The van der Waals surface area contributed by atoms with Gasteiger partial charge in [-0.3, -0.25) is 14.4 Å². The van der Waals surface area contributed by atoms with E-state index in [1.165, 1.54) is 6.26 Å². The van der Waals surface area contributed by atoms with Gasteiger partial charge in [-0.1, -0.05) is 30.0 Å². The van der Waals surface area contributed by atoms with Gasteiger partial charge < -0.3 is 24.3 Å². The van der Waals surface area contributed by atoms with Crippen LogP contribution in [0.5, 0.6) is 5.75 Å². The SMILES string of the molecule is COc1ccccc1[C@@H]1CC(=O)NC(SCC(=O)N2CCN(C(=O)c3ccco3)CC2)=C1C#N. The Morgan fingerprint density at radius 3 is 2.59 bits per heavy atom. The number of rotatable bonds is 6. The largest absolute Gasteiger partial charge is 0.496 e. The van der Waals surface area contributed by atoms with Crippen molar-refractivity contribution in [3.05, 3.63) is 64.6 Å². The van der Waals surface area contributed by atoms with E-state index < -0.39 is 5.92 Å². The number of benzene rings is 1. The topological polar surface area (TPSA) is 116 Å². The summed E-state index contributed by atoms with van der Waals surface area (Å²) in [5, 5.41) is 13.0. The van der Waals surface area contributed by atoms with E-state index in [2.05, 4.69) is 11.4 Å². The summed E-state index contributed by atoms with van der Waals surface area (Å²) in [6, 6.07) is 12.8. The van der Waals surface area contributed by atoms with Crippen molar-refractivity contribution in [2.24, 2.45) is 0 Å². The average molecular weight is 481 g/mol. The van der Waals surface area contributed by atoms with Gasteiger partial charge in [0.25, 0.3) is 5.91 Å². The molecule has 2 aliphatic heterocycles. The minimum Gasteiger partial charge on any atom is -0.496 e. The summed E-state index contributed by atoms with van der Waals surface area (Å²) in [5.41, 5.74) is 1.17. The van der Waals surface area contributed by atoms with Crippen LogP contribution in [-0.2, 0) is 9.59 Å². The molecule has 1 saturated heterocycles. The van der Waals surface area contributed by atoms with Crippen LogP contribution in [0.3, 0.4) is 0 Å². The van der Waals surface area contributed by atoms with E-state index in [9.17, 15) is 19.6 Å². The van der Waals surface area contributed by atoms with E-state index in [0.29, 0.717) is 42.5 Å². The molecule has 10 heteroatoms. The lowest BCUT2D eigenvalue weighted by Gasteiger charge is -2.34. The number of nitrogens with one attached hydrogen (secondary N) is 1. The molecule has 0 aliphatic carbocycles. The van der Waals surface area contributed by atoms with Gasteiger partial charge in [-0.05, 0) is 18.2 Å². The third kappa shape index (κ3) is 4.94. The second kappa shape index (κ2) is 10.5. The lowest BCUT2D eigenvalue weighted by Crippen LogP contribution is -2.51. The number of amides is 3. The molecule has 0 bridgehead atoms. The third-order valence-electron chi connectivity index (χ3n) is 5.86. The third-order valence-corrected chi connectivity index (χ3v) is 6.86. The van der Waals surface area contributed by atoms with Crippen LogP contribution < -0.4 is 10.1 Å². The molecule has 0 spiro atoms. The molecule has 2 aliphatic rings. The van der Waals surface area contributed by atoms with Crippen molar-refractivity contribution in [2.45, 2.75) is 12.3 Å². The number of carbonyl (C=O) groups excluding carboxylic acids is 3. The zero-order valence-corrected chi connectivity index (χ0v) is 19.5. The van der Waals surface area contributed by atoms with E-state index in [0.717, 1.165) is 17.3 Å². The molecule has 1 aromatic carbocycles. The van der Waals surface area contributed by atoms with Gasteiger partial charge in [-0.15, -0.1) is 0 Å². The minimum absolute atomic E-state index is 0.0750. The lowest BCUT2D eigenvalue weighted by atomic mass is 9.86. The van der Waals surface area contributed by atoms with Gasteiger partial charge >= 0.3 is 0 Å². The molecular weight excluding hydrogens is 456 g/mol. The van der Waals surface area contributed by atoms with Crippen LogP contribution in [0.2, 0.25) is 0 Å². The summed E-state index contributed by atoms with van der Waals surface area (Å²) in [4.78, 5) is 41.0. The fourth-order valence-corrected chi connectivity index (χ4v) is 5.07. The molecule has 3 amide bonds. The number of methoxy groups -OCH3 is 1. The van der Waals surface area contributed by atoms with Crippen molar-refractivity contribution in [3.8, 4) is 11.8 Å². The molecule has 1 N–H and O–H groups in total. The summed E-state index contributed by atoms with van der Waals surface area (Å²) in [7, 11) is 1.55. The zero-order valence-electron chi connectivity index (χ0n) is 18.7. The Labute approximate surface area is 201 Å². The summed E-state index contributed by atoms with van der Waals surface area (Å²) < 4.78 is 10.6. The van der Waals surface area contributed by atoms with Crippen LogP contribution >= 0.6 is 11.8 Å². The Bertz CT molecular complexity index is 1150. The van der Waals surface area contributed by atoms with Crippen LogP contribution in [0.25, 0.3) is 0 Å². The number of piperazine rings is 1. The number of carbonyl (C=O) groups is 3. The first-order valence-electron chi connectivity index (χ1n) is 10.8. The number of hydrogen-bond donors (Lipinski definition) is 1. The smallest absolute Gasteiger partial charge is 0.289 e. The van der Waals surface area contributed by atoms with E-state index in [1.54, 1.807) is 35.1 Å². The van der Waals surface area contributed by atoms with Crippen molar-refractivity contribution in [1.29, 1.82) is 5.26 Å². The number of hydrogen-bond acceptors (Lipinski definition) is 7. The van der Waals surface area contributed by atoms with Gasteiger partial charge in [0.05, 0.1) is 35.8 Å². The number of para-hydroxylation sites is 1. The highest BCUT2D eigenvalue weighted by Crippen LogP contribution is 2.39. The summed E-state index contributed by atoms with van der Waals surface area (Å²) >= 11 is 1.15. The number of ether oxygens (including phenoxy) is 1. The molecule has 0 saturated carbocycles. The van der Waals surface area contributed by atoms with Crippen molar-refractivity contribution < 1.29 is 23.5 Å². The normalized spacial score (nSPS) is 18.4. The fourth-order valence-electron chi connectivity index (χ4n) is 4.09. The molecule has 0 unspecified atom stereocenters. The van der Waals surface area contributed by atoms with Crippen LogP contribution in [0, 0.1) is 11.3 Å². The van der Waals surface area contributed by atoms with Gasteiger partial charge in [-0.2, -0.15) is 5.26 Å². The molecule has 1 atom stereocenters. The highest BCUT2D eigenvalue weighted by Gasteiger charge is 2.32. The van der Waals surface area contributed by atoms with E-state index in [-0.39, 0.29) is 35.7 Å². The molecule has 34 heavy (non-hydrogen) atoms. The number of thioether (sulfide) groups is 1. The van der Waals surface area contributed by atoms with Crippen LogP contribution in [0.15, 0.2) is 57.7 Å². The first-order chi connectivity index (χ1) is 16.5. The molecule has 1 fully saturated rings. The summed E-state index contributed by atoms with van der Waals surface area (Å²) in [6.07, 6.45) is 1.59. The van der Waals surface area contributed by atoms with Crippen molar-refractivity contribution in [1.82, 2.24) is 15.1 Å².